The van der Waals surface area contributed by atoms with Gasteiger partial charge in [0.15, 0.2) is 0 Å². The zero-order chi connectivity index (χ0) is 22.5. The summed E-state index contributed by atoms with van der Waals surface area (Å²) < 4.78 is 14.7. The van der Waals surface area contributed by atoms with Gasteiger partial charge in [0.2, 0.25) is 0 Å². The van der Waals surface area contributed by atoms with E-state index in [0.717, 1.165) is 43.6 Å². The summed E-state index contributed by atoms with van der Waals surface area (Å²) >= 11 is 0. The number of phenolic OH excluding ortho intramolecular Hbond substituents is 1. The Kier molecular flexibility index (Phi) is 7.12. The van der Waals surface area contributed by atoms with Crippen LogP contribution in [0.15, 0.2) is 54.7 Å². The summed E-state index contributed by atoms with van der Waals surface area (Å²) in [6.45, 7) is 7.15. The Labute approximate surface area is 189 Å². The Morgan fingerprint density at radius 1 is 1.09 bits per heavy atom. The van der Waals surface area contributed by atoms with Gasteiger partial charge in [-0.05, 0) is 68.1 Å². The lowest BCUT2D eigenvalue weighted by Crippen LogP contribution is -2.53. The molecule has 0 amide bonds. The molecule has 168 valence electrons. The van der Waals surface area contributed by atoms with Gasteiger partial charge in [-0.2, -0.15) is 0 Å². The van der Waals surface area contributed by atoms with E-state index in [1.807, 2.05) is 24.3 Å². The minimum atomic E-state index is -0.264. The average Bonchev–Trinajstić information content (AvgIpc) is 2.78. The van der Waals surface area contributed by atoms with Crippen LogP contribution in [-0.4, -0.2) is 45.1 Å². The molecule has 2 N–H and O–H groups in total. The van der Waals surface area contributed by atoms with E-state index < -0.39 is 0 Å². The second-order valence-corrected chi connectivity index (χ2v) is 8.78. The molecule has 0 aliphatic carbocycles. The van der Waals surface area contributed by atoms with Gasteiger partial charge in [0.05, 0.1) is 5.69 Å². The van der Waals surface area contributed by atoms with Crippen molar-refractivity contribution >= 4 is 0 Å². The quantitative estimate of drug-likeness (QED) is 0.579. The van der Waals surface area contributed by atoms with Crippen molar-refractivity contribution in [2.45, 2.75) is 51.7 Å². The SMILES string of the molecule is C[C@@H]1CN(Cc2ccc(F)c(-c3ccnc(CCCc4cccc(O)c4)n3)c2)[C@H](C)CN1. The minimum absolute atomic E-state index is 0.264. The number of hydrogen-bond acceptors (Lipinski definition) is 5. The highest BCUT2D eigenvalue weighted by Crippen LogP contribution is 2.24. The van der Waals surface area contributed by atoms with Crippen LogP contribution in [0.2, 0.25) is 0 Å². The largest absolute Gasteiger partial charge is 0.508 e. The molecule has 1 fully saturated rings. The van der Waals surface area contributed by atoms with E-state index in [-0.39, 0.29) is 11.6 Å². The average molecular weight is 435 g/mol. The number of phenols is 1. The van der Waals surface area contributed by atoms with Gasteiger partial charge in [0.1, 0.15) is 17.4 Å². The Morgan fingerprint density at radius 2 is 1.97 bits per heavy atom. The van der Waals surface area contributed by atoms with Gasteiger partial charge < -0.3 is 10.4 Å². The standard InChI is InChI=1S/C26H31FN4O/c1-18-16-31(19(2)15-29-18)17-21-9-10-24(27)23(14-21)25-11-12-28-26(30-25)8-4-6-20-5-3-7-22(32)13-20/h3,5,7,9-14,18-19,29,32H,4,6,8,15-17H2,1-2H3/t18-,19-/m1/s1. The molecule has 3 aromatic rings. The van der Waals surface area contributed by atoms with Crippen LogP contribution < -0.4 is 5.32 Å². The molecule has 2 heterocycles. The molecule has 0 spiro atoms. The number of aromatic hydroxyl groups is 1. The van der Waals surface area contributed by atoms with Crippen molar-refractivity contribution < 1.29 is 9.50 Å². The molecule has 2 atom stereocenters. The lowest BCUT2D eigenvalue weighted by Gasteiger charge is -2.37. The van der Waals surface area contributed by atoms with Crippen LogP contribution >= 0.6 is 0 Å². The highest BCUT2D eigenvalue weighted by Gasteiger charge is 2.22. The van der Waals surface area contributed by atoms with E-state index >= 15 is 0 Å². The molecule has 0 unspecified atom stereocenters. The molecular weight excluding hydrogens is 403 g/mol. The fourth-order valence-corrected chi connectivity index (χ4v) is 4.25. The van der Waals surface area contributed by atoms with Crippen LogP contribution in [0.5, 0.6) is 5.75 Å². The van der Waals surface area contributed by atoms with Crippen molar-refractivity contribution in [3.8, 4) is 17.0 Å². The topological polar surface area (TPSA) is 61.3 Å². The van der Waals surface area contributed by atoms with Gasteiger partial charge in [-0.3, -0.25) is 4.90 Å². The maximum atomic E-state index is 14.7. The fraction of sp³-hybridized carbons (Fsp3) is 0.385. The van der Waals surface area contributed by atoms with Gasteiger partial charge >= 0.3 is 0 Å². The number of nitrogens with one attached hydrogen (secondary N) is 1. The van der Waals surface area contributed by atoms with E-state index in [9.17, 15) is 9.50 Å². The number of halogens is 1. The number of hydrogen-bond donors (Lipinski definition) is 2. The molecule has 0 radical (unpaired) electrons. The Bertz CT molecular complexity index is 1060. The highest BCUT2D eigenvalue weighted by molar-refractivity contribution is 5.60. The number of nitrogens with zero attached hydrogens (tertiary/aromatic N) is 3. The molecule has 0 bridgehead atoms. The molecule has 1 aliphatic rings. The van der Waals surface area contributed by atoms with E-state index in [1.54, 1.807) is 30.5 Å². The zero-order valence-electron chi connectivity index (χ0n) is 18.8. The van der Waals surface area contributed by atoms with Crippen molar-refractivity contribution in [1.82, 2.24) is 20.2 Å². The van der Waals surface area contributed by atoms with Crippen LogP contribution in [0, 0.1) is 5.82 Å². The molecule has 6 heteroatoms. The first-order valence-corrected chi connectivity index (χ1v) is 11.3. The first-order chi connectivity index (χ1) is 15.5. The van der Waals surface area contributed by atoms with Gasteiger partial charge in [0.25, 0.3) is 0 Å². The Morgan fingerprint density at radius 3 is 2.81 bits per heavy atom. The second-order valence-electron chi connectivity index (χ2n) is 8.78. The minimum Gasteiger partial charge on any atom is -0.508 e. The van der Waals surface area contributed by atoms with Crippen LogP contribution in [-0.2, 0) is 19.4 Å². The molecule has 1 aromatic heterocycles. The summed E-state index contributed by atoms with van der Waals surface area (Å²) in [5.41, 5.74) is 3.31. The lowest BCUT2D eigenvalue weighted by atomic mass is 10.0. The third kappa shape index (κ3) is 5.69. The number of aromatic nitrogens is 2. The van der Waals surface area contributed by atoms with Crippen LogP contribution in [0.1, 0.15) is 37.2 Å². The predicted molar refractivity (Wildman–Crippen MR) is 125 cm³/mol. The lowest BCUT2D eigenvalue weighted by molar-refractivity contribution is 0.139. The summed E-state index contributed by atoms with van der Waals surface area (Å²) in [4.78, 5) is 11.5. The van der Waals surface area contributed by atoms with Gasteiger partial charge in [-0.15, -0.1) is 0 Å². The fourth-order valence-electron chi connectivity index (χ4n) is 4.25. The molecule has 0 saturated carbocycles. The van der Waals surface area contributed by atoms with Crippen LogP contribution in [0.3, 0.4) is 0 Å². The molecule has 4 rings (SSSR count). The smallest absolute Gasteiger partial charge is 0.132 e. The van der Waals surface area contributed by atoms with Crippen LogP contribution in [0.4, 0.5) is 4.39 Å². The van der Waals surface area contributed by atoms with Gasteiger partial charge in [0, 0.05) is 49.9 Å². The zero-order valence-corrected chi connectivity index (χ0v) is 18.8. The van der Waals surface area contributed by atoms with Crippen molar-refractivity contribution in [2.24, 2.45) is 0 Å². The summed E-state index contributed by atoms with van der Waals surface area (Å²) in [5, 5.41) is 13.1. The molecule has 32 heavy (non-hydrogen) atoms. The third-order valence-electron chi connectivity index (χ3n) is 6.07. The van der Waals surface area contributed by atoms with Crippen molar-refractivity contribution in [3.63, 3.8) is 0 Å². The summed E-state index contributed by atoms with van der Waals surface area (Å²) in [6.07, 6.45) is 4.08. The molecule has 1 aliphatic heterocycles. The molecule has 1 saturated heterocycles. The molecule has 2 aromatic carbocycles. The maximum Gasteiger partial charge on any atom is 0.132 e. The second kappa shape index (κ2) is 10.2. The van der Waals surface area contributed by atoms with E-state index in [2.05, 4.69) is 34.0 Å². The highest BCUT2D eigenvalue weighted by atomic mass is 19.1. The van der Waals surface area contributed by atoms with Gasteiger partial charge in [-0.25, -0.2) is 14.4 Å². The number of rotatable bonds is 7. The van der Waals surface area contributed by atoms with E-state index in [4.69, 9.17) is 0 Å². The molecule has 5 nitrogen and oxygen atoms in total. The van der Waals surface area contributed by atoms with Crippen LogP contribution in [0.25, 0.3) is 11.3 Å². The van der Waals surface area contributed by atoms with E-state index in [0.29, 0.717) is 35.6 Å². The first-order valence-electron chi connectivity index (χ1n) is 11.3. The monoisotopic (exact) mass is 434 g/mol. The predicted octanol–water partition coefficient (Wildman–Crippen LogP) is 4.35. The Balaban J connectivity index is 1.45. The van der Waals surface area contributed by atoms with Crippen molar-refractivity contribution in [2.75, 3.05) is 13.1 Å². The number of piperazine rings is 1. The summed E-state index contributed by atoms with van der Waals surface area (Å²) in [6, 6.07) is 15.3. The van der Waals surface area contributed by atoms with Crippen molar-refractivity contribution in [3.05, 3.63) is 77.5 Å². The number of aryl methyl sites for hydroxylation is 2. The summed E-state index contributed by atoms with van der Waals surface area (Å²) in [7, 11) is 0. The van der Waals surface area contributed by atoms with Crippen molar-refractivity contribution in [1.29, 1.82) is 0 Å². The van der Waals surface area contributed by atoms with Gasteiger partial charge in [-0.1, -0.05) is 18.2 Å². The number of benzene rings is 2. The Hall–Kier alpha value is -2.83. The first kappa shape index (κ1) is 22.4. The van der Waals surface area contributed by atoms with E-state index in [1.165, 1.54) is 0 Å². The molecular formula is C26H31FN4O. The maximum absolute atomic E-state index is 14.7. The third-order valence-corrected chi connectivity index (χ3v) is 6.07. The normalized spacial score (nSPS) is 19.2. The summed E-state index contributed by atoms with van der Waals surface area (Å²) in [5.74, 6) is 0.720.